The number of aliphatic carboxylic acids is 1. The van der Waals surface area contributed by atoms with Gasteiger partial charge in [-0.15, -0.1) is 0 Å². The number of carbonyl (C=O) groups excluding carboxylic acids is 2. The molecule has 0 heterocycles. The first-order valence-corrected chi connectivity index (χ1v) is 4.66. The number of hydrogen-bond acceptors (Lipinski definition) is 4. The molecule has 0 saturated heterocycles. The topological polar surface area (TPSA) is 92.7 Å². The first-order valence-electron chi connectivity index (χ1n) is 4.66. The zero-order valence-corrected chi connectivity index (χ0v) is 9.28. The fourth-order valence-electron chi connectivity index (χ4n) is 0.729. The molecule has 90 valence electrons. The maximum atomic E-state index is 11.0. The van der Waals surface area contributed by atoms with Crippen LogP contribution in [-0.2, 0) is 19.1 Å². The summed E-state index contributed by atoms with van der Waals surface area (Å²) in [6, 6.07) is 0. The molecule has 6 heteroatoms. The highest BCUT2D eigenvalue weighted by Gasteiger charge is 2.16. The van der Waals surface area contributed by atoms with E-state index in [1.807, 2.05) is 0 Å². The van der Waals surface area contributed by atoms with Crippen LogP contribution in [0.1, 0.15) is 20.3 Å². The average molecular weight is 229 g/mol. The Labute approximate surface area is 93.3 Å². The molecule has 6 nitrogen and oxygen atoms in total. The molecule has 0 rings (SSSR count). The summed E-state index contributed by atoms with van der Waals surface area (Å²) in [6.45, 7) is 6.03. The lowest BCUT2D eigenvalue weighted by Crippen LogP contribution is -2.28. The quantitative estimate of drug-likeness (QED) is 0.388. The van der Waals surface area contributed by atoms with Crippen LogP contribution >= 0.6 is 0 Å². The second-order valence-corrected chi connectivity index (χ2v) is 3.39. The van der Waals surface area contributed by atoms with Crippen molar-refractivity contribution in [3.05, 3.63) is 12.2 Å². The summed E-state index contributed by atoms with van der Waals surface area (Å²) in [4.78, 5) is 32.4. The molecule has 16 heavy (non-hydrogen) atoms. The second kappa shape index (κ2) is 6.60. The molecule has 0 aromatic heterocycles. The van der Waals surface area contributed by atoms with E-state index in [1.165, 1.54) is 13.8 Å². The van der Waals surface area contributed by atoms with Crippen molar-refractivity contribution in [1.29, 1.82) is 0 Å². The summed E-state index contributed by atoms with van der Waals surface area (Å²) in [6.07, 6.45) is -0.224. The molecule has 0 aliphatic heterocycles. The molecule has 0 aliphatic rings. The third-order valence-electron chi connectivity index (χ3n) is 1.75. The van der Waals surface area contributed by atoms with E-state index in [9.17, 15) is 14.4 Å². The van der Waals surface area contributed by atoms with Crippen LogP contribution in [-0.4, -0.2) is 29.7 Å². The summed E-state index contributed by atoms with van der Waals surface area (Å²) in [7, 11) is 0. The largest absolute Gasteiger partial charge is 0.481 e. The Hall–Kier alpha value is -1.85. The smallest absolute Gasteiger partial charge is 0.308 e. The standard InChI is InChI=1S/C10H15NO5/c1-6(2)9(13)11-5-16-8(12)4-7(3)10(14)15/h7H,1,4-5H2,2-3H3,(H,11,13)(H,14,15). The van der Waals surface area contributed by atoms with Gasteiger partial charge in [0.2, 0.25) is 5.91 Å². The molecule has 0 aliphatic carbocycles. The van der Waals surface area contributed by atoms with Crippen molar-refractivity contribution >= 4 is 17.8 Å². The van der Waals surface area contributed by atoms with Gasteiger partial charge >= 0.3 is 11.9 Å². The van der Waals surface area contributed by atoms with Crippen LogP contribution in [0.2, 0.25) is 0 Å². The Morgan fingerprint density at radius 2 is 2.00 bits per heavy atom. The maximum Gasteiger partial charge on any atom is 0.308 e. The van der Waals surface area contributed by atoms with Crippen LogP contribution in [0.15, 0.2) is 12.2 Å². The minimum absolute atomic E-state index is 0.224. The number of ether oxygens (including phenoxy) is 1. The number of carboxylic acid groups (broad SMARTS) is 1. The number of carbonyl (C=O) groups is 3. The molecular weight excluding hydrogens is 214 g/mol. The lowest BCUT2D eigenvalue weighted by Gasteiger charge is -2.08. The summed E-state index contributed by atoms with van der Waals surface area (Å²) in [5.41, 5.74) is 0.301. The highest BCUT2D eigenvalue weighted by molar-refractivity contribution is 5.92. The van der Waals surface area contributed by atoms with Crippen LogP contribution < -0.4 is 5.32 Å². The molecule has 0 aromatic carbocycles. The predicted octanol–water partition coefficient (Wildman–Crippen LogP) is 0.290. The van der Waals surface area contributed by atoms with Crippen molar-refractivity contribution in [2.45, 2.75) is 20.3 Å². The molecule has 1 unspecified atom stereocenters. The van der Waals surface area contributed by atoms with Crippen LogP contribution in [0, 0.1) is 5.92 Å². The van der Waals surface area contributed by atoms with E-state index in [0.29, 0.717) is 5.57 Å². The van der Waals surface area contributed by atoms with Crippen molar-refractivity contribution in [2.24, 2.45) is 5.92 Å². The van der Waals surface area contributed by atoms with E-state index in [-0.39, 0.29) is 13.2 Å². The van der Waals surface area contributed by atoms with Crippen LogP contribution in [0.3, 0.4) is 0 Å². The fourth-order valence-corrected chi connectivity index (χ4v) is 0.729. The van der Waals surface area contributed by atoms with E-state index in [1.54, 1.807) is 0 Å². The van der Waals surface area contributed by atoms with Crippen LogP contribution in [0.25, 0.3) is 0 Å². The van der Waals surface area contributed by atoms with E-state index in [0.717, 1.165) is 0 Å². The number of rotatable bonds is 6. The van der Waals surface area contributed by atoms with Crippen molar-refractivity contribution in [1.82, 2.24) is 5.32 Å². The average Bonchev–Trinajstić information content (AvgIpc) is 2.16. The molecule has 1 amide bonds. The third kappa shape index (κ3) is 5.79. The van der Waals surface area contributed by atoms with Gasteiger partial charge in [0, 0.05) is 5.57 Å². The monoisotopic (exact) mass is 229 g/mol. The molecule has 0 fully saturated rings. The third-order valence-corrected chi connectivity index (χ3v) is 1.75. The van der Waals surface area contributed by atoms with Crippen LogP contribution in [0.5, 0.6) is 0 Å². The Balaban J connectivity index is 3.79. The van der Waals surface area contributed by atoms with Gasteiger partial charge in [-0.05, 0) is 6.92 Å². The van der Waals surface area contributed by atoms with Gasteiger partial charge in [0.25, 0.3) is 0 Å². The number of amides is 1. The predicted molar refractivity (Wildman–Crippen MR) is 55.3 cm³/mol. The Kier molecular flexibility index (Phi) is 5.84. The molecule has 1 atom stereocenters. The molecular formula is C10H15NO5. The summed E-state index contributed by atoms with van der Waals surface area (Å²) in [5.74, 6) is -2.96. The van der Waals surface area contributed by atoms with Crippen LogP contribution in [0.4, 0.5) is 0 Å². The number of carboxylic acids is 1. The first-order chi connectivity index (χ1) is 7.34. The van der Waals surface area contributed by atoms with Gasteiger partial charge in [-0.3, -0.25) is 14.4 Å². The van der Waals surface area contributed by atoms with Gasteiger partial charge in [-0.25, -0.2) is 0 Å². The Morgan fingerprint density at radius 1 is 1.44 bits per heavy atom. The maximum absolute atomic E-state index is 11.0. The van der Waals surface area contributed by atoms with Gasteiger partial charge in [-0.2, -0.15) is 0 Å². The van der Waals surface area contributed by atoms with E-state index >= 15 is 0 Å². The van der Waals surface area contributed by atoms with Gasteiger partial charge in [0.15, 0.2) is 6.73 Å². The number of esters is 1. The number of hydrogen-bond donors (Lipinski definition) is 2. The zero-order valence-electron chi connectivity index (χ0n) is 9.28. The van der Waals surface area contributed by atoms with E-state index in [4.69, 9.17) is 5.11 Å². The lowest BCUT2D eigenvalue weighted by molar-refractivity contribution is -0.152. The van der Waals surface area contributed by atoms with Gasteiger partial charge < -0.3 is 15.2 Å². The molecule has 0 saturated carbocycles. The van der Waals surface area contributed by atoms with Crippen molar-refractivity contribution in [3.8, 4) is 0 Å². The second-order valence-electron chi connectivity index (χ2n) is 3.39. The minimum Gasteiger partial charge on any atom is -0.481 e. The van der Waals surface area contributed by atoms with E-state index < -0.39 is 23.8 Å². The SMILES string of the molecule is C=C(C)C(=O)NCOC(=O)CC(C)C(=O)O. The lowest BCUT2D eigenvalue weighted by atomic mass is 10.1. The summed E-state index contributed by atoms with van der Waals surface area (Å²) in [5, 5.41) is 10.8. The molecule has 0 aromatic rings. The first kappa shape index (κ1) is 14.2. The Morgan fingerprint density at radius 3 is 2.44 bits per heavy atom. The zero-order chi connectivity index (χ0) is 12.7. The van der Waals surface area contributed by atoms with Gasteiger partial charge in [-0.1, -0.05) is 13.5 Å². The minimum atomic E-state index is -1.07. The van der Waals surface area contributed by atoms with Crippen molar-refractivity contribution in [3.63, 3.8) is 0 Å². The highest BCUT2D eigenvalue weighted by Crippen LogP contribution is 2.02. The van der Waals surface area contributed by atoms with Crippen molar-refractivity contribution in [2.75, 3.05) is 6.73 Å². The van der Waals surface area contributed by atoms with Gasteiger partial charge in [0.1, 0.15) is 0 Å². The normalized spacial score (nSPS) is 11.4. The summed E-state index contributed by atoms with van der Waals surface area (Å²) >= 11 is 0. The van der Waals surface area contributed by atoms with E-state index in [2.05, 4.69) is 16.6 Å². The fraction of sp³-hybridized carbons (Fsp3) is 0.500. The van der Waals surface area contributed by atoms with Gasteiger partial charge in [0.05, 0.1) is 12.3 Å². The number of nitrogens with one attached hydrogen (secondary N) is 1. The summed E-state index contributed by atoms with van der Waals surface area (Å²) < 4.78 is 4.61. The molecule has 0 spiro atoms. The molecule has 0 bridgehead atoms. The Bertz CT molecular complexity index is 310. The van der Waals surface area contributed by atoms with Crippen molar-refractivity contribution < 1.29 is 24.2 Å². The molecule has 0 radical (unpaired) electrons. The molecule has 2 N–H and O–H groups in total. The highest BCUT2D eigenvalue weighted by atomic mass is 16.5.